The second kappa shape index (κ2) is 10.1. The van der Waals surface area contributed by atoms with E-state index in [0.717, 1.165) is 18.6 Å². The predicted octanol–water partition coefficient (Wildman–Crippen LogP) is 4.50. The van der Waals surface area contributed by atoms with Crippen LogP contribution >= 0.6 is 23.1 Å². The number of carbonyl (C=O) groups excluding carboxylic acids is 1. The number of thiazole rings is 1. The Balaban J connectivity index is 1.42. The molecule has 0 bridgehead atoms. The zero-order valence-electron chi connectivity index (χ0n) is 17.4. The molecule has 9 heteroatoms. The summed E-state index contributed by atoms with van der Waals surface area (Å²) in [6.07, 6.45) is 8.21. The molecule has 0 aliphatic heterocycles. The molecule has 7 nitrogen and oxygen atoms in total. The minimum Gasteiger partial charge on any atom is -0.486 e. The summed E-state index contributed by atoms with van der Waals surface area (Å²) in [5, 5.41) is 14.1. The fourth-order valence-corrected chi connectivity index (χ4v) is 4.89. The monoisotopic (exact) mass is 455 g/mol. The maximum atomic E-state index is 12.5. The van der Waals surface area contributed by atoms with Gasteiger partial charge in [0.05, 0.1) is 5.25 Å². The van der Waals surface area contributed by atoms with Crippen LogP contribution in [0.25, 0.3) is 0 Å². The van der Waals surface area contributed by atoms with Crippen LogP contribution in [-0.4, -0.2) is 30.9 Å². The second-order valence-corrected chi connectivity index (χ2v) is 9.51. The van der Waals surface area contributed by atoms with E-state index in [4.69, 9.17) is 4.74 Å². The topological polar surface area (TPSA) is 81.9 Å². The molecule has 1 aromatic carbocycles. The Bertz CT molecular complexity index is 1050. The number of thioether (sulfide) groups is 1. The summed E-state index contributed by atoms with van der Waals surface area (Å²) < 4.78 is 7.96. The zero-order chi connectivity index (χ0) is 21.6. The van der Waals surface area contributed by atoms with Gasteiger partial charge in [0, 0.05) is 18.1 Å². The summed E-state index contributed by atoms with van der Waals surface area (Å²) in [6.45, 7) is 6.52. The Morgan fingerprint density at radius 2 is 2.19 bits per heavy atom. The zero-order valence-corrected chi connectivity index (χ0v) is 19.0. The van der Waals surface area contributed by atoms with Gasteiger partial charge in [-0.25, -0.2) is 4.98 Å². The van der Waals surface area contributed by atoms with Crippen molar-refractivity contribution in [3.8, 4) is 5.75 Å². The predicted molar refractivity (Wildman–Crippen MR) is 124 cm³/mol. The van der Waals surface area contributed by atoms with Gasteiger partial charge in [0.1, 0.15) is 12.4 Å². The van der Waals surface area contributed by atoms with Gasteiger partial charge in [-0.1, -0.05) is 23.9 Å². The van der Waals surface area contributed by atoms with E-state index >= 15 is 0 Å². The van der Waals surface area contributed by atoms with Gasteiger partial charge in [-0.15, -0.1) is 28.1 Å². The van der Waals surface area contributed by atoms with E-state index in [1.165, 1.54) is 47.1 Å². The van der Waals surface area contributed by atoms with E-state index in [2.05, 4.69) is 39.2 Å². The fraction of sp³-hybridized carbons (Fsp3) is 0.364. The number of allylic oxidation sites excluding steroid dienone is 1. The Labute approximate surface area is 189 Å². The van der Waals surface area contributed by atoms with Crippen LogP contribution in [0.5, 0.6) is 5.75 Å². The number of amides is 1. The standard InChI is InChI=1S/C22H25N5O2S2/c1-3-11-27-19(14-29-18-9-8-16-6-4-5-7-17(16)13-18)25-26-22(27)31-15(2)20(28)24-21-23-10-12-30-21/h3,8-10,12-13,15H,1,4-7,11,14H2,2H3,(H,23,24,28)/t15-/m0/s1. The highest BCUT2D eigenvalue weighted by Crippen LogP contribution is 2.27. The molecule has 1 aliphatic carbocycles. The van der Waals surface area contributed by atoms with Crippen LogP contribution < -0.4 is 10.1 Å². The quantitative estimate of drug-likeness (QED) is 0.378. The van der Waals surface area contributed by atoms with E-state index in [9.17, 15) is 4.79 Å². The minimum absolute atomic E-state index is 0.125. The van der Waals surface area contributed by atoms with E-state index in [-0.39, 0.29) is 11.2 Å². The van der Waals surface area contributed by atoms with E-state index in [1.54, 1.807) is 12.3 Å². The molecule has 0 fully saturated rings. The summed E-state index contributed by atoms with van der Waals surface area (Å²) in [5.41, 5.74) is 2.81. The van der Waals surface area contributed by atoms with Crippen LogP contribution in [0.4, 0.5) is 5.13 Å². The van der Waals surface area contributed by atoms with Gasteiger partial charge < -0.3 is 10.1 Å². The molecule has 0 saturated heterocycles. The number of aromatic nitrogens is 4. The normalized spacial score (nSPS) is 14.0. The first-order chi connectivity index (χ1) is 15.1. The van der Waals surface area contributed by atoms with Gasteiger partial charge >= 0.3 is 0 Å². The molecule has 0 unspecified atom stereocenters. The Hall–Kier alpha value is -2.65. The maximum Gasteiger partial charge on any atom is 0.239 e. The third-order valence-electron chi connectivity index (χ3n) is 5.11. The van der Waals surface area contributed by atoms with E-state index in [1.807, 2.05) is 22.9 Å². The number of hydrogen-bond acceptors (Lipinski definition) is 7. The van der Waals surface area contributed by atoms with Gasteiger partial charge in [0.2, 0.25) is 5.91 Å². The Kier molecular flexibility index (Phi) is 7.03. The second-order valence-electron chi connectivity index (χ2n) is 7.31. The molecule has 3 aromatic rings. The van der Waals surface area contributed by atoms with Crippen LogP contribution in [0.3, 0.4) is 0 Å². The number of nitrogens with zero attached hydrogens (tertiary/aromatic N) is 4. The van der Waals surface area contributed by atoms with Gasteiger partial charge in [0.15, 0.2) is 16.1 Å². The lowest BCUT2D eigenvalue weighted by Crippen LogP contribution is -2.23. The summed E-state index contributed by atoms with van der Waals surface area (Å²) in [5.74, 6) is 1.42. The molecule has 4 rings (SSSR count). The molecule has 162 valence electrons. The van der Waals surface area contributed by atoms with Crippen molar-refractivity contribution in [1.82, 2.24) is 19.7 Å². The van der Waals surface area contributed by atoms with Gasteiger partial charge in [0.25, 0.3) is 0 Å². The lowest BCUT2D eigenvalue weighted by molar-refractivity contribution is -0.115. The third-order valence-corrected chi connectivity index (χ3v) is 6.88. The number of rotatable bonds is 9. The lowest BCUT2D eigenvalue weighted by atomic mass is 9.92. The number of fused-ring (bicyclic) bond motifs is 1. The molecule has 1 N–H and O–H groups in total. The average molecular weight is 456 g/mol. The van der Waals surface area contributed by atoms with Gasteiger partial charge in [-0.05, 0) is 55.9 Å². The smallest absolute Gasteiger partial charge is 0.239 e. The number of hydrogen-bond donors (Lipinski definition) is 1. The SMILES string of the molecule is C=CCn1c(COc2ccc3c(c2)CCCC3)nnc1S[C@@H](C)C(=O)Nc1nccs1. The molecular weight excluding hydrogens is 430 g/mol. The lowest BCUT2D eigenvalue weighted by Gasteiger charge is -2.17. The minimum atomic E-state index is -0.355. The molecule has 2 aromatic heterocycles. The first-order valence-electron chi connectivity index (χ1n) is 10.3. The largest absolute Gasteiger partial charge is 0.486 e. The first-order valence-corrected chi connectivity index (χ1v) is 12.0. The number of nitrogens with one attached hydrogen (secondary N) is 1. The number of ether oxygens (including phenoxy) is 1. The van der Waals surface area contributed by atoms with Crippen molar-refractivity contribution in [3.05, 3.63) is 59.4 Å². The van der Waals surface area contributed by atoms with Crippen LogP contribution in [0, 0.1) is 0 Å². The number of anilines is 1. The van der Waals surface area contributed by atoms with Crippen LogP contribution in [-0.2, 0) is 30.8 Å². The average Bonchev–Trinajstić information content (AvgIpc) is 3.43. The molecule has 0 saturated carbocycles. The Morgan fingerprint density at radius 1 is 1.35 bits per heavy atom. The van der Waals surface area contributed by atoms with Crippen molar-refractivity contribution < 1.29 is 9.53 Å². The summed E-state index contributed by atoms with van der Waals surface area (Å²) in [4.78, 5) is 16.5. The number of carbonyl (C=O) groups is 1. The molecule has 1 atom stereocenters. The number of benzene rings is 1. The van der Waals surface area contributed by atoms with Crippen molar-refractivity contribution in [2.75, 3.05) is 5.32 Å². The summed E-state index contributed by atoms with van der Waals surface area (Å²) in [6, 6.07) is 6.34. The molecule has 1 amide bonds. The first kappa shape index (κ1) is 21.6. The number of aryl methyl sites for hydroxylation is 2. The molecule has 2 heterocycles. The molecule has 0 radical (unpaired) electrons. The summed E-state index contributed by atoms with van der Waals surface area (Å²) >= 11 is 2.74. The highest BCUT2D eigenvalue weighted by Gasteiger charge is 2.21. The van der Waals surface area contributed by atoms with Crippen LogP contribution in [0.15, 0.2) is 47.6 Å². The van der Waals surface area contributed by atoms with Crippen LogP contribution in [0.1, 0.15) is 36.7 Å². The molecule has 1 aliphatic rings. The van der Waals surface area contributed by atoms with Gasteiger partial charge in [-0.3, -0.25) is 9.36 Å². The van der Waals surface area contributed by atoms with Gasteiger partial charge in [-0.2, -0.15) is 0 Å². The Morgan fingerprint density at radius 3 is 2.97 bits per heavy atom. The van der Waals surface area contributed by atoms with Crippen molar-refractivity contribution in [2.45, 2.75) is 56.2 Å². The molecule has 0 spiro atoms. The highest BCUT2D eigenvalue weighted by atomic mass is 32.2. The summed E-state index contributed by atoms with van der Waals surface area (Å²) in [7, 11) is 0. The maximum absolute atomic E-state index is 12.5. The van der Waals surface area contributed by atoms with Crippen LogP contribution in [0.2, 0.25) is 0 Å². The van der Waals surface area contributed by atoms with Crippen molar-refractivity contribution in [3.63, 3.8) is 0 Å². The van der Waals surface area contributed by atoms with Crippen molar-refractivity contribution >= 4 is 34.1 Å². The van der Waals surface area contributed by atoms with E-state index < -0.39 is 0 Å². The fourth-order valence-electron chi connectivity index (χ4n) is 3.48. The third kappa shape index (κ3) is 5.34. The molecule has 31 heavy (non-hydrogen) atoms. The molecular formula is C22H25N5O2S2. The van der Waals surface area contributed by atoms with E-state index in [0.29, 0.717) is 29.3 Å². The van der Waals surface area contributed by atoms with Crippen molar-refractivity contribution in [2.24, 2.45) is 0 Å². The van der Waals surface area contributed by atoms with Crippen molar-refractivity contribution in [1.29, 1.82) is 0 Å². The highest BCUT2D eigenvalue weighted by molar-refractivity contribution is 8.00.